The number of rotatable bonds is 5. The van der Waals surface area contributed by atoms with E-state index in [4.69, 9.17) is 9.47 Å². The van der Waals surface area contributed by atoms with Crippen LogP contribution in [0.15, 0.2) is 35.4 Å². The number of hydrogen-bond acceptors (Lipinski definition) is 7. The van der Waals surface area contributed by atoms with Crippen LogP contribution in [0.3, 0.4) is 0 Å². The molecule has 0 aliphatic carbocycles. The summed E-state index contributed by atoms with van der Waals surface area (Å²) in [6.07, 6.45) is 3.32. The molecule has 158 valence electrons. The monoisotopic (exact) mass is 430 g/mol. The molecule has 1 aliphatic rings. The van der Waals surface area contributed by atoms with E-state index in [1.54, 1.807) is 37.6 Å². The lowest BCUT2D eigenvalue weighted by molar-refractivity contribution is -0.156. The average molecular weight is 430 g/mol. The summed E-state index contributed by atoms with van der Waals surface area (Å²) in [5.74, 6) is -1.61. The molecule has 3 rings (SSSR count). The first-order valence-electron chi connectivity index (χ1n) is 9.21. The maximum absolute atomic E-state index is 12.7. The van der Waals surface area contributed by atoms with Crippen molar-refractivity contribution < 1.29 is 28.7 Å². The van der Waals surface area contributed by atoms with Gasteiger partial charge >= 0.3 is 11.9 Å². The van der Waals surface area contributed by atoms with Gasteiger partial charge in [-0.1, -0.05) is 18.2 Å². The Hall–Kier alpha value is -3.07. The van der Waals surface area contributed by atoms with E-state index in [1.165, 1.54) is 7.11 Å². The molecular weight excluding hydrogens is 408 g/mol. The lowest BCUT2D eigenvalue weighted by Crippen LogP contribution is -2.37. The first kappa shape index (κ1) is 21.6. The highest BCUT2D eigenvalue weighted by Crippen LogP contribution is 2.34. The summed E-state index contributed by atoms with van der Waals surface area (Å²) in [5, 5.41) is 0.288. The molecule has 8 nitrogen and oxygen atoms in total. The number of nitrogens with zero attached hydrogens (tertiary/aromatic N) is 2. The topological polar surface area (TPSA) is 94.9 Å². The van der Waals surface area contributed by atoms with E-state index in [0.717, 1.165) is 27.6 Å². The maximum Gasteiger partial charge on any atom is 0.326 e. The summed E-state index contributed by atoms with van der Waals surface area (Å²) < 4.78 is 11.7. The predicted octanol–water partition coefficient (Wildman–Crippen LogP) is 3.19. The lowest BCUT2D eigenvalue weighted by Gasteiger charge is -2.21. The SMILES string of the molecule is COC(=O)Cn1cc(C=C2SC(=O)N(CC(=O)OC(C)(C)C)C2=O)c2ccccc21. The molecule has 2 amide bonds. The third-order valence-corrected chi connectivity index (χ3v) is 5.12. The Bertz CT molecular complexity index is 1060. The minimum absolute atomic E-state index is 0.0188. The van der Waals surface area contributed by atoms with Crippen molar-refractivity contribution in [3.8, 4) is 0 Å². The number of para-hydroxylation sites is 1. The number of imide groups is 1. The average Bonchev–Trinajstić information content (AvgIpc) is 3.13. The van der Waals surface area contributed by atoms with Crippen LogP contribution in [0.5, 0.6) is 0 Å². The molecule has 30 heavy (non-hydrogen) atoms. The van der Waals surface area contributed by atoms with Gasteiger partial charge in [-0.15, -0.1) is 0 Å². The van der Waals surface area contributed by atoms with E-state index in [1.807, 2.05) is 24.3 Å². The van der Waals surface area contributed by atoms with Crippen LogP contribution < -0.4 is 0 Å². The van der Waals surface area contributed by atoms with Gasteiger partial charge in [-0.05, 0) is 44.7 Å². The Morgan fingerprint density at radius 1 is 1.10 bits per heavy atom. The molecule has 0 spiro atoms. The van der Waals surface area contributed by atoms with Gasteiger partial charge < -0.3 is 14.0 Å². The van der Waals surface area contributed by atoms with Gasteiger partial charge in [0.1, 0.15) is 18.7 Å². The first-order valence-corrected chi connectivity index (χ1v) is 10.0. The smallest absolute Gasteiger partial charge is 0.326 e. The molecule has 1 aromatic heterocycles. The Morgan fingerprint density at radius 3 is 2.47 bits per heavy atom. The number of benzene rings is 1. The second kappa shape index (κ2) is 8.35. The van der Waals surface area contributed by atoms with Gasteiger partial charge in [-0.25, -0.2) is 0 Å². The summed E-state index contributed by atoms with van der Waals surface area (Å²) in [7, 11) is 1.32. The zero-order valence-corrected chi connectivity index (χ0v) is 17.9. The zero-order chi connectivity index (χ0) is 22.1. The van der Waals surface area contributed by atoms with E-state index in [-0.39, 0.29) is 11.4 Å². The van der Waals surface area contributed by atoms with Crippen molar-refractivity contribution in [3.05, 3.63) is 40.9 Å². The normalized spacial score (nSPS) is 15.9. The third kappa shape index (κ3) is 4.73. The van der Waals surface area contributed by atoms with Crippen LogP contribution in [-0.4, -0.2) is 51.8 Å². The highest BCUT2D eigenvalue weighted by atomic mass is 32.2. The Balaban J connectivity index is 1.88. The minimum atomic E-state index is -0.712. The molecular formula is C21H22N2O6S. The van der Waals surface area contributed by atoms with Crippen molar-refractivity contribution in [1.29, 1.82) is 0 Å². The second-order valence-corrected chi connectivity index (χ2v) is 8.65. The van der Waals surface area contributed by atoms with Crippen molar-refractivity contribution >= 4 is 51.8 Å². The Kier molecular flexibility index (Phi) is 6.02. The van der Waals surface area contributed by atoms with E-state index in [2.05, 4.69) is 0 Å². The van der Waals surface area contributed by atoms with Gasteiger partial charge in [0.2, 0.25) is 0 Å². The Labute approximate surface area is 177 Å². The summed E-state index contributed by atoms with van der Waals surface area (Å²) >= 11 is 0.763. The second-order valence-electron chi connectivity index (χ2n) is 7.66. The quantitative estimate of drug-likeness (QED) is 0.531. The van der Waals surface area contributed by atoms with Crippen molar-refractivity contribution in [2.24, 2.45) is 0 Å². The van der Waals surface area contributed by atoms with Crippen molar-refractivity contribution in [2.75, 3.05) is 13.7 Å². The number of ether oxygens (including phenoxy) is 2. The summed E-state index contributed by atoms with van der Waals surface area (Å²) in [6, 6.07) is 7.40. The number of fused-ring (bicyclic) bond motifs is 1. The van der Waals surface area contributed by atoms with Gasteiger partial charge in [0, 0.05) is 22.7 Å². The number of aromatic nitrogens is 1. The van der Waals surface area contributed by atoms with Crippen LogP contribution in [-0.2, 0) is 30.4 Å². The summed E-state index contributed by atoms with van der Waals surface area (Å²) in [6.45, 7) is 4.71. The lowest BCUT2D eigenvalue weighted by atomic mass is 10.1. The van der Waals surface area contributed by atoms with Gasteiger partial charge in [0.15, 0.2) is 0 Å². The molecule has 0 N–H and O–H groups in total. The van der Waals surface area contributed by atoms with E-state index < -0.39 is 35.2 Å². The fraction of sp³-hybridized carbons (Fsp3) is 0.333. The molecule has 1 aliphatic heterocycles. The molecule has 2 heterocycles. The van der Waals surface area contributed by atoms with E-state index in [9.17, 15) is 19.2 Å². The number of hydrogen-bond donors (Lipinski definition) is 0. The molecule has 0 saturated carbocycles. The third-order valence-electron chi connectivity index (χ3n) is 4.21. The number of methoxy groups -OCH3 is 1. The first-order chi connectivity index (χ1) is 14.1. The highest BCUT2D eigenvalue weighted by Gasteiger charge is 2.37. The highest BCUT2D eigenvalue weighted by molar-refractivity contribution is 8.18. The van der Waals surface area contributed by atoms with Crippen molar-refractivity contribution in [2.45, 2.75) is 32.9 Å². The van der Waals surface area contributed by atoms with Gasteiger partial charge in [-0.3, -0.25) is 24.1 Å². The van der Waals surface area contributed by atoms with E-state index >= 15 is 0 Å². The van der Waals surface area contributed by atoms with Gasteiger partial charge in [0.05, 0.1) is 12.0 Å². The van der Waals surface area contributed by atoms with Crippen molar-refractivity contribution in [3.63, 3.8) is 0 Å². The number of carbonyl (C=O) groups is 4. The van der Waals surface area contributed by atoms with Crippen molar-refractivity contribution in [1.82, 2.24) is 9.47 Å². The van der Waals surface area contributed by atoms with Crippen LogP contribution in [0.2, 0.25) is 0 Å². The molecule has 0 unspecified atom stereocenters. The number of thioether (sulfide) groups is 1. The molecule has 0 radical (unpaired) electrons. The largest absolute Gasteiger partial charge is 0.468 e. The molecule has 1 fully saturated rings. The number of amides is 2. The number of carbonyl (C=O) groups excluding carboxylic acids is 4. The molecule has 9 heteroatoms. The zero-order valence-electron chi connectivity index (χ0n) is 17.1. The summed E-state index contributed by atoms with van der Waals surface area (Å²) in [5.41, 5.74) is 0.760. The maximum atomic E-state index is 12.7. The van der Waals surface area contributed by atoms with Crippen LogP contribution in [0.25, 0.3) is 17.0 Å². The van der Waals surface area contributed by atoms with Crippen LogP contribution >= 0.6 is 11.8 Å². The fourth-order valence-corrected chi connectivity index (χ4v) is 3.83. The molecule has 0 atom stereocenters. The molecule has 1 saturated heterocycles. The van der Waals surface area contributed by atoms with E-state index in [0.29, 0.717) is 5.56 Å². The van der Waals surface area contributed by atoms with Crippen LogP contribution in [0.4, 0.5) is 4.79 Å². The van der Waals surface area contributed by atoms with Crippen LogP contribution in [0.1, 0.15) is 26.3 Å². The van der Waals surface area contributed by atoms with Gasteiger partial charge in [0.25, 0.3) is 11.1 Å². The Morgan fingerprint density at radius 2 is 1.80 bits per heavy atom. The number of esters is 2. The molecule has 1 aromatic carbocycles. The fourth-order valence-electron chi connectivity index (χ4n) is 3.01. The summed E-state index contributed by atoms with van der Waals surface area (Å²) in [4.78, 5) is 49.8. The molecule has 2 aromatic rings. The van der Waals surface area contributed by atoms with Gasteiger partial charge in [-0.2, -0.15) is 0 Å². The molecule has 0 bridgehead atoms. The predicted molar refractivity (Wildman–Crippen MR) is 112 cm³/mol. The standard InChI is InChI=1S/C21H22N2O6S/c1-21(2,3)29-18(25)12-23-19(26)16(30-20(23)27)9-13-10-22(11-17(24)28-4)15-8-6-5-7-14(13)15/h5-10H,11-12H2,1-4H3. The van der Waals surface area contributed by atoms with Crippen LogP contribution in [0, 0.1) is 0 Å². The minimum Gasteiger partial charge on any atom is -0.468 e.